The van der Waals surface area contributed by atoms with Gasteiger partial charge in [-0.25, -0.2) is 4.79 Å². The average molecular weight is 471 g/mol. The quantitative estimate of drug-likeness (QED) is 0.643. The number of ether oxygens (including phenoxy) is 1. The van der Waals surface area contributed by atoms with Gasteiger partial charge >= 0.3 is 6.09 Å². The van der Waals surface area contributed by atoms with Crippen molar-refractivity contribution < 1.29 is 28.7 Å². The summed E-state index contributed by atoms with van der Waals surface area (Å²) >= 11 is 1.18. The molecule has 4 rings (SSSR count). The van der Waals surface area contributed by atoms with Crippen LogP contribution in [0.5, 0.6) is 0 Å². The van der Waals surface area contributed by atoms with Crippen LogP contribution in [0, 0.1) is 0 Å². The third-order valence-electron chi connectivity index (χ3n) is 5.47. The summed E-state index contributed by atoms with van der Waals surface area (Å²) in [6, 6.07) is 6.16. The van der Waals surface area contributed by atoms with Gasteiger partial charge in [0.1, 0.15) is 5.00 Å². The Kier molecular flexibility index (Phi) is 6.14. The molecule has 10 nitrogen and oxygen atoms in total. The molecule has 2 aliphatic heterocycles. The van der Waals surface area contributed by atoms with E-state index in [0.29, 0.717) is 29.2 Å². The maximum atomic E-state index is 13.0. The lowest BCUT2D eigenvalue weighted by molar-refractivity contribution is -0.121. The van der Waals surface area contributed by atoms with E-state index >= 15 is 0 Å². The second-order valence-corrected chi connectivity index (χ2v) is 8.68. The van der Waals surface area contributed by atoms with Crippen LogP contribution in [-0.4, -0.2) is 47.8 Å². The van der Waals surface area contributed by atoms with Gasteiger partial charge in [0.15, 0.2) is 0 Å². The molecule has 33 heavy (non-hydrogen) atoms. The minimum atomic E-state index is -0.672. The molecule has 1 aromatic carbocycles. The highest BCUT2D eigenvalue weighted by molar-refractivity contribution is 7.17. The van der Waals surface area contributed by atoms with E-state index in [-0.39, 0.29) is 48.9 Å². The van der Waals surface area contributed by atoms with Crippen molar-refractivity contribution >= 4 is 51.7 Å². The van der Waals surface area contributed by atoms with Crippen LogP contribution in [0.2, 0.25) is 0 Å². The second-order valence-electron chi connectivity index (χ2n) is 7.57. The van der Waals surface area contributed by atoms with Gasteiger partial charge in [-0.15, -0.1) is 11.3 Å². The minimum absolute atomic E-state index is 0.140. The molecule has 2 aromatic rings. The molecule has 3 heterocycles. The number of nitrogens with one attached hydrogen (secondary N) is 1. The van der Waals surface area contributed by atoms with E-state index in [1.54, 1.807) is 25.1 Å². The standard InChI is InChI=1S/C22H22N4O6S/c1-2-32-22(31)25-9-8-14-15(11-25)33-21(18(14)19(23)29)24-20(30)12-4-3-5-13(10-12)26-16(27)6-7-17(26)28/h3-5,10H,2,6-9,11H2,1H3,(H2,23,29)(H,24,30). The molecule has 1 aromatic heterocycles. The molecular formula is C22H22N4O6S. The van der Waals surface area contributed by atoms with E-state index in [9.17, 15) is 24.0 Å². The van der Waals surface area contributed by atoms with Crippen molar-refractivity contribution in [3.05, 3.63) is 45.8 Å². The Bertz CT molecular complexity index is 1160. The zero-order chi connectivity index (χ0) is 23.7. The number of fused-ring (bicyclic) bond motifs is 1. The Labute approximate surface area is 193 Å². The number of rotatable bonds is 5. The molecule has 2 aliphatic rings. The summed E-state index contributed by atoms with van der Waals surface area (Å²) in [5.74, 6) is -1.81. The van der Waals surface area contributed by atoms with Crippen molar-refractivity contribution in [2.45, 2.75) is 32.7 Å². The third kappa shape index (κ3) is 4.31. The van der Waals surface area contributed by atoms with Crippen molar-refractivity contribution in [2.24, 2.45) is 5.73 Å². The van der Waals surface area contributed by atoms with E-state index in [4.69, 9.17) is 10.5 Å². The molecule has 0 saturated carbocycles. The fraction of sp³-hybridized carbons (Fsp3) is 0.318. The number of hydrogen-bond donors (Lipinski definition) is 2. The van der Waals surface area contributed by atoms with Crippen LogP contribution in [0.1, 0.15) is 50.9 Å². The highest BCUT2D eigenvalue weighted by Gasteiger charge is 2.32. The molecule has 0 radical (unpaired) electrons. The lowest BCUT2D eigenvalue weighted by atomic mass is 10.0. The first-order chi connectivity index (χ1) is 15.8. The van der Waals surface area contributed by atoms with Gasteiger partial charge in [-0.2, -0.15) is 0 Å². The van der Waals surface area contributed by atoms with E-state index in [1.165, 1.54) is 22.3 Å². The largest absolute Gasteiger partial charge is 0.450 e. The van der Waals surface area contributed by atoms with Crippen LogP contribution in [0.3, 0.4) is 0 Å². The average Bonchev–Trinajstić information content (AvgIpc) is 3.32. The predicted octanol–water partition coefficient (Wildman–Crippen LogP) is 2.27. The Balaban J connectivity index is 1.58. The number of primary amides is 1. The summed E-state index contributed by atoms with van der Waals surface area (Å²) in [5, 5.41) is 3.02. The van der Waals surface area contributed by atoms with Gasteiger partial charge in [0.2, 0.25) is 11.8 Å². The first kappa shape index (κ1) is 22.5. The van der Waals surface area contributed by atoms with Gasteiger partial charge in [-0.3, -0.25) is 24.1 Å². The summed E-state index contributed by atoms with van der Waals surface area (Å²) < 4.78 is 5.05. The Morgan fingerprint density at radius 1 is 1.15 bits per heavy atom. The molecule has 11 heteroatoms. The van der Waals surface area contributed by atoms with Crippen molar-refractivity contribution in [1.82, 2.24) is 4.90 Å². The fourth-order valence-electron chi connectivity index (χ4n) is 3.95. The van der Waals surface area contributed by atoms with Crippen LogP contribution < -0.4 is 16.0 Å². The maximum absolute atomic E-state index is 13.0. The van der Waals surface area contributed by atoms with E-state index in [0.717, 1.165) is 9.78 Å². The second kappa shape index (κ2) is 9.02. The third-order valence-corrected chi connectivity index (χ3v) is 6.61. The molecule has 0 spiro atoms. The summed E-state index contributed by atoms with van der Waals surface area (Å²) in [7, 11) is 0. The monoisotopic (exact) mass is 470 g/mol. The minimum Gasteiger partial charge on any atom is -0.450 e. The van der Waals surface area contributed by atoms with Crippen molar-refractivity contribution in [2.75, 3.05) is 23.4 Å². The number of anilines is 2. The summed E-state index contributed by atoms with van der Waals surface area (Å²) in [5.41, 5.74) is 7.09. The lowest BCUT2D eigenvalue weighted by Gasteiger charge is -2.26. The summed E-state index contributed by atoms with van der Waals surface area (Å²) in [6.45, 7) is 2.61. The number of amides is 5. The number of imide groups is 1. The molecule has 0 unspecified atom stereocenters. The van der Waals surface area contributed by atoms with Crippen molar-refractivity contribution in [3.63, 3.8) is 0 Å². The number of carbonyl (C=O) groups excluding carboxylic acids is 5. The van der Waals surface area contributed by atoms with Crippen molar-refractivity contribution in [1.29, 1.82) is 0 Å². The number of nitrogens with zero attached hydrogens (tertiary/aromatic N) is 2. The molecule has 0 atom stereocenters. The molecule has 0 aliphatic carbocycles. The molecule has 172 valence electrons. The maximum Gasteiger partial charge on any atom is 0.410 e. The van der Waals surface area contributed by atoms with E-state index in [1.807, 2.05) is 0 Å². The van der Waals surface area contributed by atoms with E-state index < -0.39 is 17.9 Å². The first-order valence-corrected chi connectivity index (χ1v) is 11.2. The van der Waals surface area contributed by atoms with Crippen LogP contribution >= 0.6 is 11.3 Å². The van der Waals surface area contributed by atoms with Crippen LogP contribution in [-0.2, 0) is 27.3 Å². The summed E-state index contributed by atoms with van der Waals surface area (Å²) in [6.07, 6.45) is 0.250. The number of benzene rings is 1. The summed E-state index contributed by atoms with van der Waals surface area (Å²) in [4.78, 5) is 64.6. The lowest BCUT2D eigenvalue weighted by Crippen LogP contribution is -2.36. The topological polar surface area (TPSA) is 139 Å². The number of carbonyl (C=O) groups is 5. The SMILES string of the molecule is CCOC(=O)N1CCc2c(sc(NC(=O)c3cccc(N4C(=O)CCC4=O)c3)c2C(N)=O)C1. The van der Waals surface area contributed by atoms with Crippen LogP contribution in [0.4, 0.5) is 15.5 Å². The molecule has 5 amide bonds. The van der Waals surface area contributed by atoms with Gasteiger partial charge in [-0.05, 0) is 37.1 Å². The van der Waals surface area contributed by atoms with Gasteiger partial charge in [-0.1, -0.05) is 6.07 Å². The first-order valence-electron chi connectivity index (χ1n) is 10.4. The van der Waals surface area contributed by atoms with Crippen LogP contribution in [0.25, 0.3) is 0 Å². The molecular weight excluding hydrogens is 448 g/mol. The van der Waals surface area contributed by atoms with Gasteiger partial charge < -0.3 is 20.7 Å². The van der Waals surface area contributed by atoms with Gasteiger partial charge in [0.05, 0.1) is 24.4 Å². The smallest absolute Gasteiger partial charge is 0.410 e. The molecule has 1 fully saturated rings. The fourth-order valence-corrected chi connectivity index (χ4v) is 5.21. The predicted molar refractivity (Wildman–Crippen MR) is 120 cm³/mol. The Morgan fingerprint density at radius 3 is 2.55 bits per heavy atom. The Morgan fingerprint density at radius 2 is 1.88 bits per heavy atom. The number of hydrogen-bond acceptors (Lipinski definition) is 7. The number of nitrogens with two attached hydrogens (primary N) is 1. The highest BCUT2D eigenvalue weighted by Crippen LogP contribution is 2.37. The number of thiophene rings is 1. The van der Waals surface area contributed by atoms with Crippen LogP contribution in [0.15, 0.2) is 24.3 Å². The zero-order valence-corrected chi connectivity index (χ0v) is 18.7. The normalized spacial score (nSPS) is 15.4. The van der Waals surface area contributed by atoms with Crippen molar-refractivity contribution in [3.8, 4) is 0 Å². The highest BCUT2D eigenvalue weighted by atomic mass is 32.1. The van der Waals surface area contributed by atoms with Gasteiger partial charge in [0.25, 0.3) is 11.8 Å². The molecule has 0 bridgehead atoms. The van der Waals surface area contributed by atoms with Gasteiger partial charge in [0, 0.05) is 29.8 Å². The Hall–Kier alpha value is -3.73. The zero-order valence-electron chi connectivity index (χ0n) is 17.9. The molecule has 1 saturated heterocycles. The van der Waals surface area contributed by atoms with E-state index in [2.05, 4.69) is 5.32 Å². The molecule has 3 N–H and O–H groups in total.